The maximum Gasteiger partial charge on any atom is 0.312 e. The van der Waals surface area contributed by atoms with Crippen molar-refractivity contribution in [2.45, 2.75) is 101 Å². The van der Waals surface area contributed by atoms with Gasteiger partial charge in [0, 0.05) is 6.54 Å². The van der Waals surface area contributed by atoms with Crippen molar-refractivity contribution in [3.05, 3.63) is 54.1 Å². The smallest absolute Gasteiger partial charge is 0.312 e. The zero-order valence-corrected chi connectivity index (χ0v) is 29.8. The van der Waals surface area contributed by atoms with Crippen molar-refractivity contribution in [2.75, 3.05) is 19.8 Å². The lowest BCUT2D eigenvalue weighted by Gasteiger charge is -2.55. The van der Waals surface area contributed by atoms with Gasteiger partial charge in [0.1, 0.15) is 25.1 Å². The molecule has 0 heterocycles. The van der Waals surface area contributed by atoms with E-state index in [9.17, 15) is 24.9 Å². The number of phenolic OH excluding ortho intramolecular Hbond substituents is 2. The Labute approximate surface area is 276 Å². The molecule has 0 saturated carbocycles. The molecule has 4 unspecified atom stereocenters. The summed E-state index contributed by atoms with van der Waals surface area (Å²) >= 11 is 0. The number of aliphatic hydroxyl groups excluding tert-OH is 1. The number of ether oxygens (including phenoxy) is 2. The molecule has 0 saturated heterocycles. The molecular formula is C38H59NO7. The second-order valence-corrected chi connectivity index (χ2v) is 14.9. The Morgan fingerprint density at radius 2 is 1.52 bits per heavy atom. The van der Waals surface area contributed by atoms with E-state index >= 15 is 0 Å². The summed E-state index contributed by atoms with van der Waals surface area (Å²) in [6, 6.07) is 13.8. The highest BCUT2D eigenvalue weighted by Gasteiger charge is 2.59. The maximum absolute atomic E-state index is 14.2. The molecule has 8 heteroatoms. The van der Waals surface area contributed by atoms with Gasteiger partial charge < -0.3 is 30.1 Å². The maximum atomic E-state index is 14.2. The van der Waals surface area contributed by atoms with Crippen LogP contribution in [0.25, 0.3) is 0 Å². The molecule has 4 N–H and O–H groups in total. The molecule has 0 aliphatic heterocycles. The highest BCUT2D eigenvalue weighted by molar-refractivity contribution is 5.84. The zero-order valence-electron chi connectivity index (χ0n) is 29.8. The summed E-state index contributed by atoms with van der Waals surface area (Å²) in [6.07, 6.45) is 1.53. The number of aliphatic hydroxyl groups is 1. The van der Waals surface area contributed by atoms with Gasteiger partial charge in [0.05, 0.1) is 10.8 Å². The first-order valence-corrected chi connectivity index (χ1v) is 16.7. The van der Waals surface area contributed by atoms with E-state index < -0.39 is 22.3 Å². The van der Waals surface area contributed by atoms with Crippen LogP contribution in [0.4, 0.5) is 0 Å². The van der Waals surface area contributed by atoms with E-state index in [1.54, 1.807) is 18.2 Å². The standard InChI is InChI=1S/C38H59NO7/c1-11-32(36(7,8)38(10,26(3)4)33(43)39-21-20-27-18-19-30(41)31(42)22-27)37(9,25-35(5,6)12-2)34(44)46-24-28(40)23-45-29-16-14-13-15-17-29/h13-19,22,26,28,32,40-42H,11-12,20-21,23-25H2,1-10H3,(H,39,43). The lowest BCUT2D eigenvalue weighted by molar-refractivity contribution is -0.177. The number of aromatic hydroxyl groups is 2. The van der Waals surface area contributed by atoms with Gasteiger partial charge >= 0.3 is 5.97 Å². The van der Waals surface area contributed by atoms with Crippen LogP contribution in [0.2, 0.25) is 0 Å². The molecule has 0 bridgehead atoms. The zero-order chi connectivity index (χ0) is 34.9. The second-order valence-electron chi connectivity index (χ2n) is 14.9. The molecule has 2 rings (SSSR count). The molecule has 1 amide bonds. The summed E-state index contributed by atoms with van der Waals surface area (Å²) in [6.45, 7) is 20.8. The average molecular weight is 642 g/mol. The molecule has 0 aliphatic rings. The Balaban J connectivity index is 2.34. The molecule has 0 radical (unpaired) electrons. The van der Waals surface area contributed by atoms with Crippen LogP contribution in [0.15, 0.2) is 48.5 Å². The fraction of sp³-hybridized carbons (Fsp3) is 0.632. The van der Waals surface area contributed by atoms with Gasteiger partial charge in [0.2, 0.25) is 5.91 Å². The Morgan fingerprint density at radius 3 is 2.07 bits per heavy atom. The van der Waals surface area contributed by atoms with Crippen LogP contribution in [0.3, 0.4) is 0 Å². The van der Waals surface area contributed by atoms with E-state index in [2.05, 4.69) is 46.9 Å². The molecule has 4 atom stereocenters. The van der Waals surface area contributed by atoms with Crippen LogP contribution >= 0.6 is 0 Å². The van der Waals surface area contributed by atoms with Gasteiger partial charge in [-0.15, -0.1) is 0 Å². The Hall–Kier alpha value is -3.26. The average Bonchev–Trinajstić information content (AvgIpc) is 3.00. The van der Waals surface area contributed by atoms with E-state index in [0.717, 1.165) is 12.0 Å². The van der Waals surface area contributed by atoms with Crippen molar-refractivity contribution in [3.63, 3.8) is 0 Å². The molecule has 0 aromatic heterocycles. The predicted molar refractivity (Wildman–Crippen MR) is 183 cm³/mol. The Bertz CT molecular complexity index is 1280. The first kappa shape index (κ1) is 38.9. The number of nitrogens with one attached hydrogen (secondary N) is 1. The molecule has 0 aliphatic carbocycles. The minimum absolute atomic E-state index is 0.00743. The SMILES string of the molecule is CCC(C(C)(CC(C)(C)CC)C(=O)OCC(O)COc1ccccc1)C(C)(C)C(C)(C(=O)NCCc1ccc(O)c(O)c1)C(C)C. The fourth-order valence-corrected chi connectivity index (χ4v) is 7.20. The quantitative estimate of drug-likeness (QED) is 0.0995. The number of hydrogen-bond acceptors (Lipinski definition) is 7. The van der Waals surface area contributed by atoms with Gasteiger partial charge in [-0.1, -0.05) is 92.5 Å². The highest BCUT2D eigenvalue weighted by atomic mass is 16.5. The molecule has 0 fully saturated rings. The van der Waals surface area contributed by atoms with Crippen LogP contribution in [-0.4, -0.2) is 53.1 Å². The summed E-state index contributed by atoms with van der Waals surface area (Å²) in [5.74, 6) is -0.550. The van der Waals surface area contributed by atoms with Crippen molar-refractivity contribution in [1.29, 1.82) is 0 Å². The van der Waals surface area contributed by atoms with E-state index in [0.29, 0.717) is 31.6 Å². The van der Waals surface area contributed by atoms with Gasteiger partial charge in [-0.2, -0.15) is 0 Å². The number of esters is 1. The minimum atomic E-state index is -0.997. The molecule has 2 aromatic carbocycles. The monoisotopic (exact) mass is 641 g/mol. The van der Waals surface area contributed by atoms with E-state index in [1.165, 1.54) is 12.1 Å². The number of rotatable bonds is 18. The predicted octanol–water partition coefficient (Wildman–Crippen LogP) is 7.29. The number of benzene rings is 2. The summed E-state index contributed by atoms with van der Waals surface area (Å²) < 4.78 is 11.5. The Kier molecular flexibility index (Phi) is 13.6. The Morgan fingerprint density at radius 1 is 0.891 bits per heavy atom. The third kappa shape index (κ3) is 9.18. The van der Waals surface area contributed by atoms with Crippen molar-refractivity contribution < 1.29 is 34.4 Å². The lowest BCUT2D eigenvalue weighted by Crippen LogP contribution is -2.59. The van der Waals surface area contributed by atoms with E-state index in [-0.39, 0.29) is 53.8 Å². The van der Waals surface area contributed by atoms with Crippen LogP contribution in [-0.2, 0) is 20.7 Å². The van der Waals surface area contributed by atoms with Crippen LogP contribution < -0.4 is 10.1 Å². The summed E-state index contributed by atoms with van der Waals surface area (Å²) in [4.78, 5) is 28.4. The summed E-state index contributed by atoms with van der Waals surface area (Å²) in [7, 11) is 0. The van der Waals surface area contributed by atoms with E-state index in [4.69, 9.17) is 9.47 Å². The van der Waals surface area contributed by atoms with Crippen LogP contribution in [0.1, 0.15) is 94.1 Å². The third-order valence-electron chi connectivity index (χ3n) is 10.6. The van der Waals surface area contributed by atoms with Crippen LogP contribution in [0.5, 0.6) is 17.2 Å². The molecule has 8 nitrogen and oxygen atoms in total. The molecule has 0 spiro atoms. The van der Waals surface area contributed by atoms with Crippen molar-refractivity contribution >= 4 is 11.9 Å². The number of amides is 1. The minimum Gasteiger partial charge on any atom is -0.504 e. The molecule has 46 heavy (non-hydrogen) atoms. The van der Waals surface area contributed by atoms with Crippen LogP contribution in [0, 0.1) is 33.5 Å². The van der Waals surface area contributed by atoms with Gasteiger partial charge in [0.25, 0.3) is 0 Å². The normalized spacial score (nSPS) is 16.2. The third-order valence-corrected chi connectivity index (χ3v) is 10.6. The number of carbonyl (C=O) groups is 2. The number of phenols is 2. The van der Waals surface area contributed by atoms with Gasteiger partial charge in [-0.05, 0) is 79.2 Å². The number of para-hydroxylation sites is 1. The van der Waals surface area contributed by atoms with Crippen molar-refractivity contribution in [2.24, 2.45) is 33.5 Å². The fourth-order valence-electron chi connectivity index (χ4n) is 7.20. The van der Waals surface area contributed by atoms with E-state index in [1.807, 2.05) is 45.9 Å². The lowest BCUT2D eigenvalue weighted by atomic mass is 9.48. The summed E-state index contributed by atoms with van der Waals surface area (Å²) in [5, 5.41) is 33.3. The molecular weight excluding hydrogens is 582 g/mol. The van der Waals surface area contributed by atoms with Gasteiger partial charge in [-0.25, -0.2) is 0 Å². The first-order valence-electron chi connectivity index (χ1n) is 16.7. The van der Waals surface area contributed by atoms with Gasteiger partial charge in [-0.3, -0.25) is 9.59 Å². The highest BCUT2D eigenvalue weighted by Crippen LogP contribution is 2.58. The second kappa shape index (κ2) is 16.0. The van der Waals surface area contributed by atoms with Gasteiger partial charge in [0.15, 0.2) is 11.5 Å². The number of carbonyl (C=O) groups excluding carboxylic acids is 2. The number of hydrogen-bond donors (Lipinski definition) is 4. The molecule has 258 valence electrons. The topological polar surface area (TPSA) is 125 Å². The van der Waals surface area contributed by atoms with Crippen molar-refractivity contribution in [1.82, 2.24) is 5.32 Å². The van der Waals surface area contributed by atoms with Crippen molar-refractivity contribution in [3.8, 4) is 17.2 Å². The molecule has 2 aromatic rings. The largest absolute Gasteiger partial charge is 0.504 e. The first-order chi connectivity index (χ1) is 21.4. The summed E-state index contributed by atoms with van der Waals surface area (Å²) in [5.41, 5.74) is -1.88.